The van der Waals surface area contributed by atoms with E-state index in [1.165, 1.54) is 37.3 Å². The molecular weight excluding hydrogens is 241 g/mol. The molecule has 1 atom stereocenters. The summed E-state index contributed by atoms with van der Waals surface area (Å²) in [7, 11) is 0. The Balaban J connectivity index is 2.62. The van der Waals surface area contributed by atoms with Crippen molar-refractivity contribution in [3.8, 4) is 0 Å². The van der Waals surface area contributed by atoms with E-state index in [1.807, 2.05) is 0 Å². The second-order valence-corrected chi connectivity index (χ2v) is 4.15. The van der Waals surface area contributed by atoms with Crippen LogP contribution in [0, 0.1) is 17.5 Å². The van der Waals surface area contributed by atoms with E-state index in [0.717, 1.165) is 12.1 Å². The van der Waals surface area contributed by atoms with Gasteiger partial charge >= 0.3 is 0 Å². The van der Waals surface area contributed by atoms with Crippen molar-refractivity contribution in [2.24, 2.45) is 0 Å². The molecule has 0 spiro atoms. The predicted molar refractivity (Wildman–Crippen MR) is 61.4 cm³/mol. The maximum Gasteiger partial charge on any atom is 0.165 e. The summed E-state index contributed by atoms with van der Waals surface area (Å²) >= 11 is 0. The van der Waals surface area contributed by atoms with Crippen LogP contribution in [0.25, 0.3) is 0 Å². The van der Waals surface area contributed by atoms with E-state index in [4.69, 9.17) is 0 Å². The van der Waals surface area contributed by atoms with Crippen LogP contribution in [-0.2, 0) is 5.60 Å². The van der Waals surface area contributed by atoms with Crippen molar-refractivity contribution >= 4 is 0 Å². The van der Waals surface area contributed by atoms with Crippen molar-refractivity contribution < 1.29 is 18.3 Å². The molecule has 0 heterocycles. The summed E-state index contributed by atoms with van der Waals surface area (Å²) in [5, 5.41) is 10.3. The molecule has 0 saturated heterocycles. The minimum Gasteiger partial charge on any atom is -0.380 e. The van der Waals surface area contributed by atoms with Crippen LogP contribution in [0.4, 0.5) is 13.2 Å². The van der Waals surface area contributed by atoms with Crippen LogP contribution in [0.15, 0.2) is 42.5 Å². The third-order valence-electron chi connectivity index (χ3n) is 2.87. The second-order valence-electron chi connectivity index (χ2n) is 4.15. The Morgan fingerprint density at radius 2 is 1.39 bits per heavy atom. The molecule has 1 unspecified atom stereocenters. The highest BCUT2D eigenvalue weighted by molar-refractivity contribution is 5.37. The highest BCUT2D eigenvalue weighted by Gasteiger charge is 2.32. The predicted octanol–water partition coefficient (Wildman–Crippen LogP) is 3.36. The van der Waals surface area contributed by atoms with E-state index in [-0.39, 0.29) is 11.1 Å². The number of rotatable bonds is 2. The van der Waals surface area contributed by atoms with Gasteiger partial charge < -0.3 is 5.11 Å². The van der Waals surface area contributed by atoms with Crippen molar-refractivity contribution in [3.63, 3.8) is 0 Å². The maximum absolute atomic E-state index is 13.7. The molecule has 0 saturated carbocycles. The molecule has 0 radical (unpaired) electrons. The van der Waals surface area contributed by atoms with Gasteiger partial charge in [-0.3, -0.25) is 0 Å². The number of hydrogen-bond acceptors (Lipinski definition) is 1. The third-order valence-corrected chi connectivity index (χ3v) is 2.87. The summed E-state index contributed by atoms with van der Waals surface area (Å²) < 4.78 is 40.4. The van der Waals surface area contributed by atoms with Crippen molar-refractivity contribution in [1.29, 1.82) is 0 Å². The lowest BCUT2D eigenvalue weighted by atomic mass is 9.87. The first-order valence-electron chi connectivity index (χ1n) is 5.36. The molecule has 2 aromatic rings. The zero-order valence-electron chi connectivity index (χ0n) is 9.62. The van der Waals surface area contributed by atoms with E-state index >= 15 is 0 Å². The van der Waals surface area contributed by atoms with Crippen molar-refractivity contribution in [1.82, 2.24) is 0 Å². The first-order valence-corrected chi connectivity index (χ1v) is 5.36. The lowest BCUT2D eigenvalue weighted by Gasteiger charge is -2.25. The molecule has 0 aliphatic carbocycles. The molecule has 0 aliphatic rings. The van der Waals surface area contributed by atoms with Crippen LogP contribution >= 0.6 is 0 Å². The number of hydrogen-bond donors (Lipinski definition) is 1. The Labute approximate surface area is 103 Å². The highest BCUT2D eigenvalue weighted by Crippen LogP contribution is 2.33. The fourth-order valence-electron chi connectivity index (χ4n) is 1.88. The Bertz CT molecular complexity index is 579. The summed E-state index contributed by atoms with van der Waals surface area (Å²) in [5.74, 6) is -2.93. The molecule has 0 aromatic heterocycles. The van der Waals surface area contributed by atoms with Crippen molar-refractivity contribution in [2.45, 2.75) is 12.5 Å². The van der Waals surface area contributed by atoms with Gasteiger partial charge in [-0.15, -0.1) is 0 Å². The zero-order valence-corrected chi connectivity index (χ0v) is 9.62. The maximum atomic E-state index is 13.7. The summed E-state index contributed by atoms with van der Waals surface area (Å²) in [5.41, 5.74) is -2.33. The van der Waals surface area contributed by atoms with Gasteiger partial charge in [0.2, 0.25) is 0 Å². The van der Waals surface area contributed by atoms with E-state index < -0.39 is 23.1 Å². The molecule has 0 amide bonds. The van der Waals surface area contributed by atoms with Gasteiger partial charge in [0, 0.05) is 11.1 Å². The first kappa shape index (κ1) is 12.6. The molecule has 94 valence electrons. The minimum atomic E-state index is -1.93. The van der Waals surface area contributed by atoms with Gasteiger partial charge in [0.1, 0.15) is 11.4 Å². The van der Waals surface area contributed by atoms with Crippen LogP contribution in [0.3, 0.4) is 0 Å². The molecule has 2 rings (SSSR count). The highest BCUT2D eigenvalue weighted by atomic mass is 19.2. The third kappa shape index (κ3) is 1.99. The molecule has 1 N–H and O–H groups in total. The standard InChI is InChI=1S/C14H11F3O/c1-14(18,9-5-2-3-7-11(9)15)10-6-4-8-12(16)13(10)17/h2-8,18H,1H3. The zero-order chi connectivity index (χ0) is 13.3. The number of benzene rings is 2. The van der Waals surface area contributed by atoms with Gasteiger partial charge in [0.25, 0.3) is 0 Å². The monoisotopic (exact) mass is 252 g/mol. The molecular formula is C14H11F3O. The molecule has 18 heavy (non-hydrogen) atoms. The molecule has 0 fully saturated rings. The fourth-order valence-corrected chi connectivity index (χ4v) is 1.88. The summed E-state index contributed by atoms with van der Waals surface area (Å²) in [6.07, 6.45) is 0. The largest absolute Gasteiger partial charge is 0.380 e. The van der Waals surface area contributed by atoms with Crippen molar-refractivity contribution in [3.05, 3.63) is 71.0 Å². The Morgan fingerprint density at radius 3 is 2.06 bits per heavy atom. The smallest absolute Gasteiger partial charge is 0.165 e. The topological polar surface area (TPSA) is 20.2 Å². The van der Waals surface area contributed by atoms with Gasteiger partial charge in [0.05, 0.1) is 0 Å². The SMILES string of the molecule is CC(O)(c1ccccc1F)c1cccc(F)c1F. The van der Waals surface area contributed by atoms with Gasteiger partial charge in [-0.2, -0.15) is 0 Å². The second kappa shape index (κ2) is 4.46. The van der Waals surface area contributed by atoms with Gasteiger partial charge in [0.15, 0.2) is 11.6 Å². The van der Waals surface area contributed by atoms with Crippen LogP contribution < -0.4 is 0 Å². The van der Waals surface area contributed by atoms with Crippen LogP contribution in [0.5, 0.6) is 0 Å². The van der Waals surface area contributed by atoms with Gasteiger partial charge in [-0.1, -0.05) is 30.3 Å². The minimum absolute atomic E-state index is 0.102. The van der Waals surface area contributed by atoms with E-state index in [0.29, 0.717) is 0 Å². The molecule has 0 bridgehead atoms. The van der Waals surface area contributed by atoms with E-state index in [9.17, 15) is 18.3 Å². The van der Waals surface area contributed by atoms with Crippen molar-refractivity contribution in [2.75, 3.05) is 0 Å². The quantitative estimate of drug-likeness (QED) is 0.868. The van der Waals surface area contributed by atoms with E-state index in [1.54, 1.807) is 0 Å². The average Bonchev–Trinajstić information content (AvgIpc) is 2.32. The van der Waals surface area contributed by atoms with Crippen LogP contribution in [0.2, 0.25) is 0 Å². The number of aliphatic hydroxyl groups is 1. The van der Waals surface area contributed by atoms with Crippen LogP contribution in [0.1, 0.15) is 18.1 Å². The summed E-state index contributed by atoms with van der Waals surface area (Å²) in [6.45, 7) is 1.23. The number of halogens is 3. The molecule has 1 nitrogen and oxygen atoms in total. The van der Waals surface area contributed by atoms with Crippen LogP contribution in [-0.4, -0.2) is 5.11 Å². The Hall–Kier alpha value is -1.81. The normalized spacial score (nSPS) is 14.3. The fraction of sp³-hybridized carbons (Fsp3) is 0.143. The Morgan fingerprint density at radius 1 is 0.833 bits per heavy atom. The first-order chi connectivity index (χ1) is 8.44. The Kier molecular flexibility index (Phi) is 3.13. The summed E-state index contributed by atoms with van der Waals surface area (Å²) in [4.78, 5) is 0. The lowest BCUT2D eigenvalue weighted by molar-refractivity contribution is 0.0929. The van der Waals surface area contributed by atoms with Gasteiger partial charge in [-0.05, 0) is 19.1 Å². The molecule has 2 aromatic carbocycles. The molecule has 4 heteroatoms. The average molecular weight is 252 g/mol. The lowest BCUT2D eigenvalue weighted by Crippen LogP contribution is -2.26. The molecule has 0 aliphatic heterocycles. The summed E-state index contributed by atoms with van der Waals surface area (Å²) in [6, 6.07) is 8.89. The van der Waals surface area contributed by atoms with Gasteiger partial charge in [-0.25, -0.2) is 13.2 Å². The van der Waals surface area contributed by atoms with E-state index in [2.05, 4.69) is 0 Å².